The molecule has 3 rings (SSSR count). The van der Waals surface area contributed by atoms with Crippen LogP contribution in [-0.4, -0.2) is 22.7 Å². The largest absolute Gasteiger partial charge is 0.362 e. The predicted octanol–water partition coefficient (Wildman–Crippen LogP) is 4.72. The van der Waals surface area contributed by atoms with Crippen LogP contribution in [0.4, 0.5) is 4.39 Å². The highest BCUT2D eigenvalue weighted by Crippen LogP contribution is 2.29. The lowest BCUT2D eigenvalue weighted by molar-refractivity contribution is 0.412. The summed E-state index contributed by atoms with van der Waals surface area (Å²) < 4.78 is 14.5. The minimum absolute atomic E-state index is 0.225. The molecule has 0 bridgehead atoms. The molecule has 1 aliphatic rings. The van der Waals surface area contributed by atoms with E-state index in [0.717, 1.165) is 44.7 Å². The van der Waals surface area contributed by atoms with Crippen molar-refractivity contribution in [1.82, 2.24) is 15.6 Å². The Morgan fingerprint density at radius 2 is 2.08 bits per heavy atom. The van der Waals surface area contributed by atoms with Gasteiger partial charge in [-0.1, -0.05) is 19.3 Å². The molecule has 2 aromatic rings. The van der Waals surface area contributed by atoms with E-state index in [1.54, 1.807) is 6.07 Å². The molecule has 3 nitrogen and oxygen atoms in total. The van der Waals surface area contributed by atoms with Crippen molar-refractivity contribution in [2.75, 3.05) is 6.54 Å². The Bertz CT molecular complexity index is 737. The van der Waals surface area contributed by atoms with Crippen LogP contribution in [0.1, 0.15) is 43.4 Å². The van der Waals surface area contributed by atoms with Gasteiger partial charge in [0.25, 0.3) is 0 Å². The minimum atomic E-state index is -0.225. The first-order chi connectivity index (χ1) is 11.5. The molecule has 3 N–H and O–H groups in total. The van der Waals surface area contributed by atoms with Gasteiger partial charge in [-0.2, -0.15) is 0 Å². The quantitative estimate of drug-likeness (QED) is 0.637. The van der Waals surface area contributed by atoms with E-state index in [9.17, 15) is 4.39 Å². The van der Waals surface area contributed by atoms with Crippen molar-refractivity contribution in [3.8, 4) is 0 Å². The Balaban J connectivity index is 1.59. The molecule has 1 saturated carbocycles. The summed E-state index contributed by atoms with van der Waals surface area (Å²) >= 11 is 8.83. The number of thiocarbonyl (C=S) groups is 1. The van der Waals surface area contributed by atoms with Gasteiger partial charge in [0.05, 0.1) is 5.52 Å². The van der Waals surface area contributed by atoms with Crippen molar-refractivity contribution >= 4 is 44.2 Å². The Hall–Kier alpha value is -1.14. The van der Waals surface area contributed by atoms with Gasteiger partial charge in [0, 0.05) is 28.1 Å². The van der Waals surface area contributed by atoms with Gasteiger partial charge >= 0.3 is 0 Å². The number of hydrogen-bond acceptors (Lipinski definition) is 1. The normalized spacial score (nSPS) is 15.6. The summed E-state index contributed by atoms with van der Waals surface area (Å²) in [5.74, 6) is -0.225. The molecule has 0 saturated heterocycles. The fourth-order valence-electron chi connectivity index (χ4n) is 3.51. The number of halogens is 2. The summed E-state index contributed by atoms with van der Waals surface area (Å²) in [4.78, 5) is 3.34. The third-order valence-electron chi connectivity index (χ3n) is 4.75. The van der Waals surface area contributed by atoms with Gasteiger partial charge in [-0.05, 0) is 72.0 Å². The maximum absolute atomic E-state index is 13.7. The Labute approximate surface area is 155 Å². The third-order valence-corrected chi connectivity index (χ3v) is 5.63. The molecule has 130 valence electrons. The smallest absolute Gasteiger partial charge is 0.166 e. The van der Waals surface area contributed by atoms with Gasteiger partial charge in [-0.3, -0.25) is 0 Å². The summed E-state index contributed by atoms with van der Waals surface area (Å²) in [6.45, 7) is 2.76. The number of aromatic nitrogens is 1. The third kappa shape index (κ3) is 4.09. The molecule has 1 aliphatic carbocycles. The molecule has 1 heterocycles. The van der Waals surface area contributed by atoms with Crippen LogP contribution in [0.2, 0.25) is 0 Å². The van der Waals surface area contributed by atoms with Crippen molar-refractivity contribution in [2.45, 2.75) is 51.5 Å². The van der Waals surface area contributed by atoms with E-state index in [1.807, 2.05) is 6.92 Å². The van der Waals surface area contributed by atoms with Crippen molar-refractivity contribution in [2.24, 2.45) is 0 Å². The van der Waals surface area contributed by atoms with E-state index in [4.69, 9.17) is 12.2 Å². The second-order valence-electron chi connectivity index (χ2n) is 6.52. The summed E-state index contributed by atoms with van der Waals surface area (Å²) in [5, 5.41) is 8.37. The number of hydrogen-bond donors (Lipinski definition) is 3. The molecule has 1 aromatic carbocycles. The number of benzene rings is 1. The topological polar surface area (TPSA) is 39.9 Å². The van der Waals surface area contributed by atoms with Crippen LogP contribution in [0.15, 0.2) is 16.6 Å². The number of rotatable bonds is 4. The number of aromatic amines is 1. The van der Waals surface area contributed by atoms with E-state index in [2.05, 4.69) is 31.5 Å². The highest BCUT2D eigenvalue weighted by atomic mass is 79.9. The Kier molecular flexibility index (Phi) is 5.76. The van der Waals surface area contributed by atoms with Gasteiger partial charge in [0.1, 0.15) is 5.82 Å². The zero-order valence-corrected chi connectivity index (χ0v) is 16.2. The van der Waals surface area contributed by atoms with E-state index >= 15 is 0 Å². The molecule has 0 unspecified atom stereocenters. The summed E-state index contributed by atoms with van der Waals surface area (Å²) in [6.07, 6.45) is 7.12. The number of aryl methyl sites for hydroxylation is 1. The summed E-state index contributed by atoms with van der Waals surface area (Å²) in [7, 11) is 0. The zero-order chi connectivity index (χ0) is 17.1. The standard InChI is InChI=1S/C18H23BrFN3S/c1-11-14(15-9-12(20)10-16(19)17(15)22-11)7-8-21-18(24)23-13-5-3-2-4-6-13/h9-10,13,22H,2-8H2,1H3,(H2,21,23,24). The monoisotopic (exact) mass is 411 g/mol. The summed E-state index contributed by atoms with van der Waals surface area (Å²) in [6, 6.07) is 3.60. The van der Waals surface area contributed by atoms with Gasteiger partial charge in [-0.25, -0.2) is 4.39 Å². The van der Waals surface area contributed by atoms with Crippen molar-refractivity contribution in [3.63, 3.8) is 0 Å². The SMILES string of the molecule is Cc1[nH]c2c(Br)cc(F)cc2c1CCNC(=S)NC1CCCCC1. The van der Waals surface area contributed by atoms with E-state index in [0.29, 0.717) is 6.04 Å². The predicted molar refractivity (Wildman–Crippen MR) is 105 cm³/mol. The molecular formula is C18H23BrFN3S. The van der Waals surface area contributed by atoms with E-state index in [-0.39, 0.29) is 5.82 Å². The maximum atomic E-state index is 13.7. The fraction of sp³-hybridized carbons (Fsp3) is 0.500. The maximum Gasteiger partial charge on any atom is 0.166 e. The van der Waals surface area contributed by atoms with Crippen LogP contribution in [-0.2, 0) is 6.42 Å². The first-order valence-electron chi connectivity index (χ1n) is 8.55. The lowest BCUT2D eigenvalue weighted by Gasteiger charge is -2.24. The second-order valence-corrected chi connectivity index (χ2v) is 7.79. The average molecular weight is 412 g/mol. The highest BCUT2D eigenvalue weighted by Gasteiger charge is 2.15. The zero-order valence-electron chi connectivity index (χ0n) is 13.8. The molecule has 1 aromatic heterocycles. The van der Waals surface area contributed by atoms with Crippen molar-refractivity contribution in [1.29, 1.82) is 0 Å². The molecule has 24 heavy (non-hydrogen) atoms. The van der Waals surface area contributed by atoms with Crippen LogP contribution >= 0.6 is 28.1 Å². The number of nitrogens with one attached hydrogen (secondary N) is 3. The number of fused-ring (bicyclic) bond motifs is 1. The molecule has 0 spiro atoms. The van der Waals surface area contributed by atoms with Crippen molar-refractivity contribution < 1.29 is 4.39 Å². The molecule has 1 fully saturated rings. The van der Waals surface area contributed by atoms with Gasteiger partial charge in [0.2, 0.25) is 0 Å². The first-order valence-corrected chi connectivity index (χ1v) is 9.75. The number of H-pyrrole nitrogens is 1. The first kappa shape index (κ1) is 17.7. The molecule has 0 radical (unpaired) electrons. The molecular weight excluding hydrogens is 389 g/mol. The molecule has 0 aliphatic heterocycles. The Morgan fingerprint density at radius 3 is 2.83 bits per heavy atom. The van der Waals surface area contributed by atoms with Gasteiger partial charge in [-0.15, -0.1) is 0 Å². The van der Waals surface area contributed by atoms with Gasteiger partial charge < -0.3 is 15.6 Å². The van der Waals surface area contributed by atoms with Crippen LogP contribution < -0.4 is 10.6 Å². The highest BCUT2D eigenvalue weighted by molar-refractivity contribution is 9.10. The molecule has 6 heteroatoms. The van der Waals surface area contributed by atoms with Crippen LogP contribution in [0, 0.1) is 12.7 Å². The molecule has 0 atom stereocenters. The lowest BCUT2D eigenvalue weighted by Crippen LogP contribution is -2.43. The Morgan fingerprint density at radius 1 is 1.33 bits per heavy atom. The lowest BCUT2D eigenvalue weighted by atomic mass is 9.96. The second kappa shape index (κ2) is 7.83. The molecule has 0 amide bonds. The van der Waals surface area contributed by atoms with Crippen LogP contribution in [0.25, 0.3) is 10.9 Å². The van der Waals surface area contributed by atoms with E-state index < -0.39 is 0 Å². The average Bonchev–Trinajstić information content (AvgIpc) is 2.85. The van der Waals surface area contributed by atoms with Crippen LogP contribution in [0.3, 0.4) is 0 Å². The summed E-state index contributed by atoms with van der Waals surface area (Å²) in [5.41, 5.74) is 3.16. The van der Waals surface area contributed by atoms with Gasteiger partial charge in [0.15, 0.2) is 5.11 Å². The van der Waals surface area contributed by atoms with Crippen molar-refractivity contribution in [3.05, 3.63) is 33.7 Å². The minimum Gasteiger partial charge on any atom is -0.362 e. The van der Waals surface area contributed by atoms with Crippen LogP contribution in [0.5, 0.6) is 0 Å². The van der Waals surface area contributed by atoms with E-state index in [1.165, 1.54) is 38.2 Å². The fourth-order valence-corrected chi connectivity index (χ4v) is 4.31.